The molecule has 16 nitrogen and oxygen atoms in total. The number of carbonyl (C=O) groups is 4. The van der Waals surface area contributed by atoms with Crippen LogP contribution >= 0.6 is 0 Å². The molecule has 2 saturated heterocycles. The Bertz CT molecular complexity index is 2000. The molecule has 6 N–H and O–H groups in total. The van der Waals surface area contributed by atoms with E-state index in [-0.39, 0.29) is 24.3 Å². The second kappa shape index (κ2) is 22.7. The molecule has 2 aliphatic heterocycles. The highest BCUT2D eigenvalue weighted by Gasteiger charge is 2.32. The van der Waals surface area contributed by atoms with Crippen LogP contribution < -0.4 is 21.3 Å². The van der Waals surface area contributed by atoms with Gasteiger partial charge in [0.2, 0.25) is 11.8 Å². The highest BCUT2D eigenvalue weighted by Crippen LogP contribution is 2.23. The maximum Gasteiger partial charge on any atom is 0.407 e. The molecule has 0 bridgehead atoms. The number of ether oxygens (including phenoxy) is 4. The number of aromatic amines is 2. The van der Waals surface area contributed by atoms with Crippen molar-refractivity contribution < 1.29 is 38.1 Å². The van der Waals surface area contributed by atoms with Gasteiger partial charge in [0.15, 0.2) is 0 Å². The van der Waals surface area contributed by atoms with Gasteiger partial charge in [0.05, 0.1) is 49.7 Å². The van der Waals surface area contributed by atoms with Crippen molar-refractivity contribution in [3.63, 3.8) is 0 Å². The average Bonchev–Trinajstić information content (AvgIpc) is 3.93. The van der Waals surface area contributed by atoms with Gasteiger partial charge in [0.1, 0.15) is 17.7 Å². The topological polar surface area (TPSA) is 211 Å². The van der Waals surface area contributed by atoms with Gasteiger partial charge in [-0.05, 0) is 93.7 Å². The lowest BCUT2D eigenvalue weighted by atomic mass is 9.91. The monoisotopic (exact) mass is 798 g/mol. The maximum atomic E-state index is 13.2. The Morgan fingerprint density at radius 3 is 2.24 bits per heavy atom. The Hall–Kier alpha value is -5.92. The fourth-order valence-corrected chi connectivity index (χ4v) is 6.46. The van der Waals surface area contributed by atoms with Crippen LogP contribution in [0.1, 0.15) is 80.7 Å². The van der Waals surface area contributed by atoms with Crippen LogP contribution in [-0.4, -0.2) is 104 Å². The van der Waals surface area contributed by atoms with Crippen molar-refractivity contribution in [2.24, 2.45) is 5.92 Å². The predicted molar refractivity (Wildman–Crippen MR) is 217 cm³/mol. The number of rotatable bonds is 13. The Morgan fingerprint density at radius 1 is 0.845 bits per heavy atom. The van der Waals surface area contributed by atoms with E-state index in [1.165, 1.54) is 33.5 Å². The van der Waals surface area contributed by atoms with E-state index in [1.54, 1.807) is 6.20 Å². The van der Waals surface area contributed by atoms with Gasteiger partial charge < -0.3 is 50.2 Å². The molecule has 16 heteroatoms. The number of carbonyl (C=O) groups excluding carboxylic acids is 4. The first-order valence-electron chi connectivity index (χ1n) is 19.8. The number of unbranched alkanes of at least 4 members (excludes halogenated alkanes) is 1. The average molecular weight is 799 g/mol. The third-order valence-electron chi connectivity index (χ3n) is 9.74. The number of alkyl carbamates (subject to hydrolysis) is 2. The Labute approximate surface area is 338 Å². The molecule has 6 rings (SSSR count). The van der Waals surface area contributed by atoms with Crippen molar-refractivity contribution in [3.05, 3.63) is 71.4 Å². The van der Waals surface area contributed by atoms with E-state index in [0.717, 1.165) is 71.7 Å². The van der Waals surface area contributed by atoms with Gasteiger partial charge in [0, 0.05) is 50.5 Å². The first-order chi connectivity index (χ1) is 28.2. The second-order valence-corrected chi connectivity index (χ2v) is 14.0. The summed E-state index contributed by atoms with van der Waals surface area (Å²) in [5, 5.41) is 10.8. The molecule has 2 atom stereocenters. The van der Waals surface area contributed by atoms with Crippen LogP contribution in [0.3, 0.4) is 0 Å². The molecule has 2 aliphatic rings. The van der Waals surface area contributed by atoms with E-state index in [2.05, 4.69) is 57.8 Å². The summed E-state index contributed by atoms with van der Waals surface area (Å²) in [4.78, 5) is 63.8. The standard InChI is InChI=1S/C37H44N8O7.C5H10O/c1-23(41-35(47)33(45-37(49)51-3)27-15-18-52-19-16-27)34-39-21-30(44-34)26-12-9-24(10-13-26)7-8-25-11-14-28-29(20-25)43-31(42-28)6-4-5-17-38-32(46)22-40-36(48)50-2;1-2-4-6-5-3-1/h9-14,20-21,23,27,33H,4-6,15-19,22H2,1-3H3,(H,38,46)(H,39,44)(H,40,48)(H,41,47)(H,42,43)(H,45,49);1-5H2. The molecule has 2 fully saturated rings. The molecule has 2 aromatic carbocycles. The Morgan fingerprint density at radius 2 is 1.55 bits per heavy atom. The van der Waals surface area contributed by atoms with Crippen LogP contribution in [-0.2, 0) is 35.0 Å². The lowest BCUT2D eigenvalue weighted by Crippen LogP contribution is -2.52. The summed E-state index contributed by atoms with van der Waals surface area (Å²) in [7, 11) is 2.52. The number of hydrogen-bond acceptors (Lipinski definition) is 10. The number of fused-ring (bicyclic) bond motifs is 1. The molecule has 58 heavy (non-hydrogen) atoms. The van der Waals surface area contributed by atoms with Gasteiger partial charge in [0.25, 0.3) is 0 Å². The number of aryl methyl sites for hydroxylation is 1. The highest BCUT2D eigenvalue weighted by molar-refractivity contribution is 5.86. The molecule has 4 aromatic rings. The fraction of sp³-hybridized carbons (Fsp3) is 0.476. The van der Waals surface area contributed by atoms with Crippen molar-refractivity contribution >= 4 is 35.0 Å². The quantitative estimate of drug-likeness (QED) is 0.0814. The minimum atomic E-state index is -0.740. The minimum Gasteiger partial charge on any atom is -0.453 e. The van der Waals surface area contributed by atoms with Crippen molar-refractivity contribution in [2.75, 3.05) is 53.7 Å². The summed E-state index contributed by atoms with van der Waals surface area (Å²) >= 11 is 0. The van der Waals surface area contributed by atoms with Gasteiger partial charge in [-0.3, -0.25) is 9.59 Å². The normalized spacial score (nSPS) is 15.0. The Kier molecular flexibility index (Phi) is 16.9. The van der Waals surface area contributed by atoms with E-state index in [1.807, 2.05) is 49.4 Å². The molecule has 310 valence electrons. The van der Waals surface area contributed by atoms with E-state index in [4.69, 9.17) is 14.2 Å². The van der Waals surface area contributed by atoms with Crippen LogP contribution in [0.2, 0.25) is 0 Å². The van der Waals surface area contributed by atoms with E-state index in [0.29, 0.717) is 38.4 Å². The van der Waals surface area contributed by atoms with Crippen LogP contribution in [0, 0.1) is 17.8 Å². The van der Waals surface area contributed by atoms with Gasteiger partial charge in [-0.1, -0.05) is 24.0 Å². The summed E-state index contributed by atoms with van der Waals surface area (Å²) < 4.78 is 19.7. The van der Waals surface area contributed by atoms with Crippen molar-refractivity contribution in [3.8, 4) is 23.1 Å². The molecule has 4 heterocycles. The van der Waals surface area contributed by atoms with Gasteiger partial charge in [-0.25, -0.2) is 19.6 Å². The summed E-state index contributed by atoms with van der Waals surface area (Å²) in [6.07, 6.45) is 8.01. The number of benzene rings is 2. The number of H-pyrrole nitrogens is 2. The zero-order valence-electron chi connectivity index (χ0n) is 33.4. The molecular formula is C42H54N8O8. The summed E-state index contributed by atoms with van der Waals surface area (Å²) in [6.45, 7) is 5.29. The number of imidazole rings is 2. The van der Waals surface area contributed by atoms with Crippen molar-refractivity contribution in [1.29, 1.82) is 0 Å². The van der Waals surface area contributed by atoms with Gasteiger partial charge >= 0.3 is 12.2 Å². The molecule has 0 radical (unpaired) electrons. The number of hydrogen-bond donors (Lipinski definition) is 6. The molecule has 0 spiro atoms. The maximum absolute atomic E-state index is 13.2. The second-order valence-electron chi connectivity index (χ2n) is 14.0. The van der Waals surface area contributed by atoms with E-state index >= 15 is 0 Å². The Balaban J connectivity index is 0.000000976. The highest BCUT2D eigenvalue weighted by atomic mass is 16.5. The number of aromatic nitrogens is 4. The third kappa shape index (κ3) is 13.6. The SMILES string of the molecule is C1CCOCC1.COC(=O)NCC(=O)NCCCCc1nc2ccc(C#Cc3ccc(-c4cnc(C(C)NC(=O)C(NC(=O)OC)C5CCOCC5)[nH]4)cc3)cc2[nH]1. The van der Waals surface area contributed by atoms with E-state index < -0.39 is 24.3 Å². The third-order valence-corrected chi connectivity index (χ3v) is 9.74. The lowest BCUT2D eigenvalue weighted by Gasteiger charge is -2.30. The number of nitrogens with zero attached hydrogens (tertiary/aromatic N) is 2. The lowest BCUT2D eigenvalue weighted by molar-refractivity contribution is -0.126. The fourth-order valence-electron chi connectivity index (χ4n) is 6.46. The molecule has 4 amide bonds. The molecule has 0 aliphatic carbocycles. The van der Waals surface area contributed by atoms with Gasteiger partial charge in [-0.2, -0.15) is 0 Å². The zero-order chi connectivity index (χ0) is 41.1. The molecule has 0 saturated carbocycles. The van der Waals surface area contributed by atoms with Crippen LogP contribution in [0.25, 0.3) is 22.3 Å². The largest absolute Gasteiger partial charge is 0.453 e. The molecule has 2 aromatic heterocycles. The molecule has 2 unspecified atom stereocenters. The predicted octanol–water partition coefficient (Wildman–Crippen LogP) is 4.66. The number of nitrogens with one attached hydrogen (secondary N) is 6. The van der Waals surface area contributed by atoms with E-state index in [9.17, 15) is 19.2 Å². The minimum absolute atomic E-state index is 0.0588. The van der Waals surface area contributed by atoms with Crippen LogP contribution in [0.4, 0.5) is 9.59 Å². The number of amides is 4. The smallest absolute Gasteiger partial charge is 0.407 e. The zero-order valence-corrected chi connectivity index (χ0v) is 33.4. The summed E-state index contributed by atoms with van der Waals surface area (Å²) in [5.74, 6) is 7.26. The first-order valence-corrected chi connectivity index (χ1v) is 19.8. The first kappa shape index (κ1) is 43.2. The van der Waals surface area contributed by atoms with Crippen LogP contribution in [0.5, 0.6) is 0 Å². The van der Waals surface area contributed by atoms with Gasteiger partial charge in [-0.15, -0.1) is 0 Å². The van der Waals surface area contributed by atoms with Crippen molar-refractivity contribution in [1.82, 2.24) is 41.2 Å². The summed E-state index contributed by atoms with van der Waals surface area (Å²) in [6, 6.07) is 12.5. The number of methoxy groups -OCH3 is 2. The molecular weight excluding hydrogens is 745 g/mol. The van der Waals surface area contributed by atoms with Crippen LogP contribution in [0.15, 0.2) is 48.7 Å². The summed E-state index contributed by atoms with van der Waals surface area (Å²) in [5.41, 5.74) is 5.17. The van der Waals surface area contributed by atoms with Crippen molar-refractivity contribution in [2.45, 2.75) is 70.4 Å².